The third kappa shape index (κ3) is 2.65. The van der Waals surface area contributed by atoms with Gasteiger partial charge in [0.2, 0.25) is 0 Å². The van der Waals surface area contributed by atoms with E-state index in [1.807, 2.05) is 29.2 Å². The van der Waals surface area contributed by atoms with Crippen molar-refractivity contribution in [1.29, 1.82) is 0 Å². The van der Waals surface area contributed by atoms with E-state index in [4.69, 9.17) is 9.26 Å². The number of fused-ring (bicyclic) bond motifs is 3. The zero-order valence-electron chi connectivity index (χ0n) is 12.9. The number of carbonyl (C=O) groups is 1. The normalized spacial score (nSPS) is 16.8. The summed E-state index contributed by atoms with van der Waals surface area (Å²) in [4.78, 5) is 14.3. The molecule has 6 nitrogen and oxygen atoms in total. The van der Waals surface area contributed by atoms with Gasteiger partial charge in [-0.3, -0.25) is 5.32 Å². The Labute approximate surface area is 134 Å². The number of aromatic nitrogens is 1. The molecule has 0 atom stereocenters. The number of hydrogen-bond donors (Lipinski definition) is 1. The van der Waals surface area contributed by atoms with Gasteiger partial charge >= 0.3 is 6.03 Å². The van der Waals surface area contributed by atoms with Gasteiger partial charge in [-0.25, -0.2) is 4.79 Å². The Bertz CT molecular complexity index is 718. The van der Waals surface area contributed by atoms with Gasteiger partial charge in [-0.2, -0.15) is 0 Å². The first-order chi connectivity index (χ1) is 11.3. The van der Waals surface area contributed by atoms with E-state index >= 15 is 0 Å². The van der Waals surface area contributed by atoms with Crippen LogP contribution in [0, 0.1) is 0 Å². The van der Waals surface area contributed by atoms with Crippen LogP contribution >= 0.6 is 0 Å². The van der Waals surface area contributed by atoms with E-state index in [2.05, 4.69) is 10.5 Å². The highest BCUT2D eigenvalue weighted by atomic mass is 16.5. The summed E-state index contributed by atoms with van der Waals surface area (Å²) in [6.45, 7) is 1.95. The van der Waals surface area contributed by atoms with Gasteiger partial charge in [-0.1, -0.05) is 30.1 Å². The molecule has 0 spiro atoms. The lowest BCUT2D eigenvalue weighted by molar-refractivity contribution is 0.213. The summed E-state index contributed by atoms with van der Waals surface area (Å²) in [5.74, 6) is 1.92. The molecule has 0 aliphatic carbocycles. The minimum atomic E-state index is -0.109. The number of nitrogens with zero attached hydrogens (tertiary/aromatic N) is 2. The number of para-hydroxylation sites is 1. The zero-order valence-corrected chi connectivity index (χ0v) is 12.9. The number of benzene rings is 1. The number of carbonyl (C=O) groups excluding carboxylic acids is 1. The van der Waals surface area contributed by atoms with Crippen LogP contribution in [0.25, 0.3) is 11.3 Å². The maximum absolute atomic E-state index is 12.4. The summed E-state index contributed by atoms with van der Waals surface area (Å²) < 4.78 is 11.2. The van der Waals surface area contributed by atoms with E-state index in [0.29, 0.717) is 18.2 Å². The van der Waals surface area contributed by atoms with Crippen LogP contribution in [0.2, 0.25) is 0 Å². The summed E-state index contributed by atoms with van der Waals surface area (Å²) in [7, 11) is 0. The average molecular weight is 313 g/mol. The second-order valence-corrected chi connectivity index (χ2v) is 5.96. The Balaban J connectivity index is 1.55. The second kappa shape index (κ2) is 5.95. The fraction of sp³-hybridized carbons (Fsp3) is 0.412. The lowest BCUT2D eigenvalue weighted by Gasteiger charge is -2.21. The van der Waals surface area contributed by atoms with Crippen LogP contribution in [-0.2, 0) is 6.61 Å². The maximum atomic E-state index is 12.4. The molecule has 1 aromatic carbocycles. The SMILES string of the molecule is O=C(Nc1noc2c1COc1ccccc1-2)N1CCCCCC1. The predicted octanol–water partition coefficient (Wildman–Crippen LogP) is 3.64. The van der Waals surface area contributed by atoms with Crippen LogP contribution in [0.4, 0.5) is 10.6 Å². The Morgan fingerprint density at radius 1 is 1.13 bits per heavy atom. The third-order valence-corrected chi connectivity index (χ3v) is 4.41. The lowest BCUT2D eigenvalue weighted by Crippen LogP contribution is -2.36. The number of amides is 2. The van der Waals surface area contributed by atoms with Crippen LogP contribution in [0.5, 0.6) is 5.75 Å². The van der Waals surface area contributed by atoms with E-state index < -0.39 is 0 Å². The summed E-state index contributed by atoms with van der Waals surface area (Å²) in [5.41, 5.74) is 1.67. The Morgan fingerprint density at radius 3 is 2.74 bits per heavy atom. The van der Waals surface area contributed by atoms with E-state index in [0.717, 1.165) is 42.8 Å². The molecule has 1 aromatic heterocycles. The number of hydrogen-bond acceptors (Lipinski definition) is 4. The topological polar surface area (TPSA) is 67.6 Å². The van der Waals surface area contributed by atoms with Crippen LogP contribution in [0.3, 0.4) is 0 Å². The molecule has 0 saturated carbocycles. The highest BCUT2D eigenvalue weighted by Crippen LogP contribution is 2.40. The van der Waals surface area contributed by atoms with Gasteiger partial charge in [0.25, 0.3) is 0 Å². The summed E-state index contributed by atoms with van der Waals surface area (Å²) in [6.07, 6.45) is 4.49. The molecular formula is C17H19N3O3. The van der Waals surface area contributed by atoms with E-state index in [9.17, 15) is 4.79 Å². The Morgan fingerprint density at radius 2 is 1.91 bits per heavy atom. The lowest BCUT2D eigenvalue weighted by atomic mass is 10.1. The number of ether oxygens (including phenoxy) is 1. The van der Waals surface area contributed by atoms with Crippen molar-refractivity contribution < 1.29 is 14.1 Å². The highest BCUT2D eigenvalue weighted by molar-refractivity contribution is 5.90. The Kier molecular flexibility index (Phi) is 3.65. The molecule has 2 aromatic rings. The summed E-state index contributed by atoms with van der Waals surface area (Å²) in [5, 5.41) is 6.92. The van der Waals surface area contributed by atoms with Crippen LogP contribution < -0.4 is 10.1 Å². The molecule has 3 heterocycles. The monoisotopic (exact) mass is 313 g/mol. The molecule has 2 amide bonds. The van der Waals surface area contributed by atoms with Gasteiger partial charge in [0, 0.05) is 13.1 Å². The molecule has 4 rings (SSSR count). The van der Waals surface area contributed by atoms with Crippen molar-refractivity contribution in [3.8, 4) is 17.1 Å². The van der Waals surface area contributed by atoms with Crippen LogP contribution in [0.15, 0.2) is 28.8 Å². The number of nitrogens with one attached hydrogen (secondary N) is 1. The van der Waals surface area contributed by atoms with Gasteiger partial charge in [-0.05, 0) is 25.0 Å². The molecule has 0 radical (unpaired) electrons. The predicted molar refractivity (Wildman–Crippen MR) is 85.3 cm³/mol. The van der Waals surface area contributed by atoms with Gasteiger partial charge in [0.1, 0.15) is 12.4 Å². The quantitative estimate of drug-likeness (QED) is 0.872. The fourth-order valence-electron chi connectivity index (χ4n) is 3.14. The Hall–Kier alpha value is -2.50. The summed E-state index contributed by atoms with van der Waals surface area (Å²) in [6, 6.07) is 7.56. The van der Waals surface area contributed by atoms with Crippen molar-refractivity contribution >= 4 is 11.8 Å². The van der Waals surface area contributed by atoms with Crippen molar-refractivity contribution in [2.24, 2.45) is 0 Å². The second-order valence-electron chi connectivity index (χ2n) is 5.96. The standard InChI is InChI=1S/C17H19N3O3/c21-17(20-9-5-1-2-6-10-20)18-16-13-11-22-14-8-4-3-7-12(14)15(13)23-19-16/h3-4,7-8H,1-2,5-6,9-11H2,(H,18,19,21). The minimum absolute atomic E-state index is 0.109. The summed E-state index contributed by atoms with van der Waals surface area (Å²) >= 11 is 0. The van der Waals surface area contributed by atoms with Crippen molar-refractivity contribution in [1.82, 2.24) is 10.1 Å². The molecular weight excluding hydrogens is 294 g/mol. The molecule has 1 fully saturated rings. The zero-order chi connectivity index (χ0) is 15.6. The van der Waals surface area contributed by atoms with Crippen molar-refractivity contribution in [2.75, 3.05) is 18.4 Å². The molecule has 120 valence electrons. The van der Waals surface area contributed by atoms with Crippen molar-refractivity contribution in [2.45, 2.75) is 32.3 Å². The number of anilines is 1. The molecule has 0 unspecified atom stereocenters. The molecule has 1 N–H and O–H groups in total. The molecule has 2 aliphatic heterocycles. The first-order valence-corrected chi connectivity index (χ1v) is 8.09. The molecule has 0 bridgehead atoms. The van der Waals surface area contributed by atoms with Crippen molar-refractivity contribution in [3.63, 3.8) is 0 Å². The van der Waals surface area contributed by atoms with Gasteiger partial charge in [0.05, 0.1) is 11.1 Å². The van der Waals surface area contributed by atoms with E-state index in [1.165, 1.54) is 12.8 Å². The average Bonchev–Trinajstić information content (AvgIpc) is 2.81. The largest absolute Gasteiger partial charge is 0.488 e. The first-order valence-electron chi connectivity index (χ1n) is 8.09. The molecule has 6 heteroatoms. The van der Waals surface area contributed by atoms with Crippen molar-refractivity contribution in [3.05, 3.63) is 29.8 Å². The molecule has 2 aliphatic rings. The maximum Gasteiger partial charge on any atom is 0.323 e. The van der Waals surface area contributed by atoms with Gasteiger partial charge < -0.3 is 14.2 Å². The number of likely N-dealkylation sites (tertiary alicyclic amines) is 1. The molecule has 23 heavy (non-hydrogen) atoms. The molecule has 1 saturated heterocycles. The van der Waals surface area contributed by atoms with E-state index in [1.54, 1.807) is 0 Å². The number of urea groups is 1. The first kappa shape index (κ1) is 14.1. The minimum Gasteiger partial charge on any atom is -0.488 e. The smallest absolute Gasteiger partial charge is 0.323 e. The van der Waals surface area contributed by atoms with Crippen LogP contribution in [0.1, 0.15) is 31.2 Å². The van der Waals surface area contributed by atoms with Crippen LogP contribution in [-0.4, -0.2) is 29.2 Å². The van der Waals surface area contributed by atoms with E-state index in [-0.39, 0.29) is 6.03 Å². The van der Waals surface area contributed by atoms with Gasteiger partial charge in [-0.15, -0.1) is 0 Å². The van der Waals surface area contributed by atoms with Gasteiger partial charge in [0.15, 0.2) is 11.6 Å². The highest BCUT2D eigenvalue weighted by Gasteiger charge is 2.27. The number of rotatable bonds is 1. The third-order valence-electron chi connectivity index (χ3n) is 4.41. The fourth-order valence-corrected chi connectivity index (χ4v) is 3.14.